The Morgan fingerprint density at radius 1 is 1.44 bits per heavy atom. The van der Waals surface area contributed by atoms with Crippen molar-refractivity contribution < 1.29 is 9.53 Å². The molecule has 5 heteroatoms. The highest BCUT2D eigenvalue weighted by atomic mass is 32.1. The van der Waals surface area contributed by atoms with Crippen LogP contribution in [0.3, 0.4) is 0 Å². The number of thiocarbonyl (C=S) groups is 1. The largest absolute Gasteiger partial charge is 0.393 e. The summed E-state index contributed by atoms with van der Waals surface area (Å²) in [7, 11) is 1.61. The first-order valence-corrected chi connectivity index (χ1v) is 5.88. The van der Waals surface area contributed by atoms with E-state index in [1.165, 1.54) is 0 Å². The quantitative estimate of drug-likeness (QED) is 0.501. The Kier molecular flexibility index (Phi) is 7.25. The Hall–Kier alpha value is -0.680. The van der Waals surface area contributed by atoms with Crippen LogP contribution in [0.25, 0.3) is 0 Å². The van der Waals surface area contributed by atoms with Gasteiger partial charge in [0, 0.05) is 13.7 Å². The number of carbonyl (C=O) groups is 1. The van der Waals surface area contributed by atoms with E-state index in [2.05, 4.69) is 5.32 Å². The lowest BCUT2D eigenvalue weighted by Gasteiger charge is -2.21. The highest BCUT2D eigenvalue weighted by Gasteiger charge is 2.20. The van der Waals surface area contributed by atoms with Crippen molar-refractivity contribution in [2.75, 3.05) is 13.7 Å². The predicted octanol–water partition coefficient (Wildman–Crippen LogP) is 1.37. The van der Waals surface area contributed by atoms with Gasteiger partial charge in [-0.25, -0.2) is 0 Å². The summed E-state index contributed by atoms with van der Waals surface area (Å²) in [6, 6.07) is 0. The lowest BCUT2D eigenvalue weighted by Crippen LogP contribution is -2.34. The van der Waals surface area contributed by atoms with Gasteiger partial charge in [0.1, 0.15) is 0 Å². The van der Waals surface area contributed by atoms with Crippen LogP contribution in [-0.4, -0.2) is 30.2 Å². The summed E-state index contributed by atoms with van der Waals surface area (Å²) in [6.07, 6.45) is 2.94. The summed E-state index contributed by atoms with van der Waals surface area (Å²) in [5, 5.41) is 2.84. The maximum atomic E-state index is 11.5. The lowest BCUT2D eigenvalue weighted by atomic mass is 10.0. The SMILES string of the molecule is COC(C)(C)CC(=O)NCCCCC(N)=S. The van der Waals surface area contributed by atoms with Crippen LogP contribution in [0.4, 0.5) is 0 Å². The molecule has 0 unspecified atom stereocenters. The van der Waals surface area contributed by atoms with Crippen LogP contribution in [0.15, 0.2) is 0 Å². The van der Waals surface area contributed by atoms with Crippen LogP contribution in [0.5, 0.6) is 0 Å². The van der Waals surface area contributed by atoms with Gasteiger partial charge in [-0.2, -0.15) is 0 Å². The topological polar surface area (TPSA) is 64.3 Å². The van der Waals surface area contributed by atoms with Crippen molar-refractivity contribution in [3.63, 3.8) is 0 Å². The molecule has 1 amide bonds. The van der Waals surface area contributed by atoms with Crippen molar-refractivity contribution in [3.05, 3.63) is 0 Å². The predicted molar refractivity (Wildman–Crippen MR) is 69.4 cm³/mol. The van der Waals surface area contributed by atoms with E-state index >= 15 is 0 Å². The molecular formula is C11H22N2O2S. The fourth-order valence-corrected chi connectivity index (χ4v) is 1.32. The molecule has 0 bridgehead atoms. The molecule has 4 nitrogen and oxygen atoms in total. The van der Waals surface area contributed by atoms with E-state index in [-0.39, 0.29) is 5.91 Å². The van der Waals surface area contributed by atoms with Crippen LogP contribution in [0, 0.1) is 0 Å². The van der Waals surface area contributed by atoms with E-state index in [0.717, 1.165) is 19.3 Å². The van der Waals surface area contributed by atoms with Gasteiger partial charge in [-0.1, -0.05) is 12.2 Å². The molecule has 94 valence electrons. The summed E-state index contributed by atoms with van der Waals surface area (Å²) in [4.78, 5) is 12.0. The minimum absolute atomic E-state index is 0.0159. The summed E-state index contributed by atoms with van der Waals surface area (Å²) in [5.74, 6) is 0.0159. The van der Waals surface area contributed by atoms with Gasteiger partial charge in [-0.05, 0) is 33.1 Å². The molecular weight excluding hydrogens is 224 g/mol. The maximum absolute atomic E-state index is 11.5. The Labute approximate surface area is 103 Å². The highest BCUT2D eigenvalue weighted by molar-refractivity contribution is 7.80. The van der Waals surface area contributed by atoms with Crippen molar-refractivity contribution in [2.45, 2.75) is 45.1 Å². The zero-order valence-electron chi connectivity index (χ0n) is 10.3. The van der Waals surface area contributed by atoms with Crippen molar-refractivity contribution in [2.24, 2.45) is 5.73 Å². The van der Waals surface area contributed by atoms with E-state index in [4.69, 9.17) is 22.7 Å². The zero-order valence-corrected chi connectivity index (χ0v) is 11.2. The molecule has 0 heterocycles. The molecule has 0 aromatic heterocycles. The van der Waals surface area contributed by atoms with Gasteiger partial charge in [-0.15, -0.1) is 0 Å². The average Bonchev–Trinajstić information content (AvgIpc) is 2.16. The van der Waals surface area contributed by atoms with Crippen molar-refractivity contribution in [1.82, 2.24) is 5.32 Å². The number of hydrogen-bond donors (Lipinski definition) is 2. The molecule has 0 atom stereocenters. The molecule has 0 aliphatic carbocycles. The second-order valence-electron chi connectivity index (χ2n) is 4.41. The second kappa shape index (κ2) is 7.57. The van der Waals surface area contributed by atoms with E-state index < -0.39 is 5.60 Å². The van der Waals surface area contributed by atoms with E-state index in [0.29, 0.717) is 18.0 Å². The molecule has 3 N–H and O–H groups in total. The van der Waals surface area contributed by atoms with Crippen molar-refractivity contribution in [3.8, 4) is 0 Å². The van der Waals surface area contributed by atoms with Gasteiger partial charge in [0.05, 0.1) is 17.0 Å². The number of ether oxygens (including phenoxy) is 1. The number of amides is 1. The van der Waals surface area contributed by atoms with E-state index in [1.807, 2.05) is 13.8 Å². The number of methoxy groups -OCH3 is 1. The summed E-state index contributed by atoms with van der Waals surface area (Å²) in [6.45, 7) is 4.44. The Balaban J connectivity index is 3.55. The molecule has 0 saturated heterocycles. The molecule has 0 saturated carbocycles. The van der Waals surface area contributed by atoms with E-state index in [9.17, 15) is 4.79 Å². The van der Waals surface area contributed by atoms with Crippen molar-refractivity contribution in [1.29, 1.82) is 0 Å². The van der Waals surface area contributed by atoms with Crippen LogP contribution >= 0.6 is 12.2 Å². The lowest BCUT2D eigenvalue weighted by molar-refractivity contribution is -0.126. The molecule has 0 radical (unpaired) electrons. The zero-order chi connectivity index (χ0) is 12.6. The number of hydrogen-bond acceptors (Lipinski definition) is 3. The van der Waals surface area contributed by atoms with Gasteiger partial charge >= 0.3 is 0 Å². The smallest absolute Gasteiger partial charge is 0.222 e. The fourth-order valence-electron chi connectivity index (χ4n) is 1.17. The number of rotatable bonds is 8. The van der Waals surface area contributed by atoms with Crippen molar-refractivity contribution >= 4 is 23.1 Å². The Morgan fingerprint density at radius 2 is 2.06 bits per heavy atom. The fraction of sp³-hybridized carbons (Fsp3) is 0.818. The first kappa shape index (κ1) is 15.3. The third kappa shape index (κ3) is 8.61. The molecule has 0 rings (SSSR count). The van der Waals surface area contributed by atoms with Gasteiger partial charge in [-0.3, -0.25) is 4.79 Å². The van der Waals surface area contributed by atoms with Gasteiger partial charge < -0.3 is 15.8 Å². The van der Waals surface area contributed by atoms with Gasteiger partial charge in [0.2, 0.25) is 5.91 Å². The van der Waals surface area contributed by atoms with Crippen LogP contribution in [0.1, 0.15) is 39.5 Å². The molecule has 0 aromatic rings. The molecule has 0 aliphatic heterocycles. The Bertz CT molecular complexity index is 242. The average molecular weight is 246 g/mol. The standard InChI is InChI=1S/C11H22N2O2S/c1-11(2,15-3)8-10(14)13-7-5-4-6-9(12)16/h4-8H2,1-3H3,(H2,12,16)(H,13,14). The van der Waals surface area contributed by atoms with Crippen LogP contribution in [-0.2, 0) is 9.53 Å². The number of nitrogens with two attached hydrogens (primary N) is 1. The summed E-state index contributed by atoms with van der Waals surface area (Å²) >= 11 is 4.76. The first-order chi connectivity index (χ1) is 7.37. The minimum Gasteiger partial charge on any atom is -0.393 e. The van der Waals surface area contributed by atoms with E-state index in [1.54, 1.807) is 7.11 Å². The molecule has 0 aliphatic rings. The maximum Gasteiger partial charge on any atom is 0.222 e. The third-order valence-corrected chi connectivity index (χ3v) is 2.52. The summed E-state index contributed by atoms with van der Waals surface area (Å²) in [5.41, 5.74) is 4.96. The number of carbonyl (C=O) groups excluding carboxylic acids is 1. The monoisotopic (exact) mass is 246 g/mol. The minimum atomic E-state index is -0.400. The molecule has 0 fully saturated rings. The first-order valence-electron chi connectivity index (χ1n) is 5.47. The van der Waals surface area contributed by atoms with Gasteiger partial charge in [0.25, 0.3) is 0 Å². The molecule has 0 spiro atoms. The van der Waals surface area contributed by atoms with Crippen LogP contribution in [0.2, 0.25) is 0 Å². The molecule has 0 aromatic carbocycles. The Morgan fingerprint density at radius 3 is 2.56 bits per heavy atom. The normalized spacial score (nSPS) is 11.2. The summed E-state index contributed by atoms with van der Waals surface area (Å²) < 4.78 is 5.17. The highest BCUT2D eigenvalue weighted by Crippen LogP contribution is 2.12. The second-order valence-corrected chi connectivity index (χ2v) is 4.94. The molecule has 16 heavy (non-hydrogen) atoms. The van der Waals surface area contributed by atoms with Crippen LogP contribution < -0.4 is 11.1 Å². The number of nitrogens with one attached hydrogen (secondary N) is 1. The number of unbranched alkanes of at least 4 members (excludes halogenated alkanes) is 1. The third-order valence-electron chi connectivity index (χ3n) is 2.31. The van der Waals surface area contributed by atoms with Gasteiger partial charge in [0.15, 0.2) is 0 Å².